The average molecular weight is 530 g/mol. The molecule has 37 heavy (non-hydrogen) atoms. The van der Waals surface area contributed by atoms with Crippen LogP contribution in [0.4, 0.5) is 5.13 Å². The van der Waals surface area contributed by atoms with E-state index in [0.29, 0.717) is 21.5 Å². The fraction of sp³-hybridized carbons (Fsp3) is 0.143. The van der Waals surface area contributed by atoms with E-state index in [9.17, 15) is 14.4 Å². The minimum atomic E-state index is -1.06. The maximum atomic E-state index is 13.6. The maximum Gasteiger partial charge on any atom is 0.356 e. The first kappa shape index (κ1) is 24.6. The second kappa shape index (κ2) is 10.5. The van der Waals surface area contributed by atoms with Gasteiger partial charge in [-0.1, -0.05) is 61.5 Å². The van der Waals surface area contributed by atoms with Crippen LogP contribution < -0.4 is 10.9 Å². The Labute approximate surface area is 221 Å². The molecule has 0 radical (unpaired) electrons. The maximum absolute atomic E-state index is 13.6. The van der Waals surface area contributed by atoms with Gasteiger partial charge in [0.05, 0.1) is 10.6 Å². The number of thiophene rings is 1. The fourth-order valence-corrected chi connectivity index (χ4v) is 5.64. The summed E-state index contributed by atoms with van der Waals surface area (Å²) in [4.78, 5) is 45.2. The zero-order valence-corrected chi connectivity index (χ0v) is 21.8. The summed E-state index contributed by atoms with van der Waals surface area (Å²) in [6, 6.07) is 20.4. The van der Waals surface area contributed by atoms with Gasteiger partial charge in [-0.3, -0.25) is 14.9 Å². The van der Waals surface area contributed by atoms with E-state index in [0.717, 1.165) is 16.1 Å². The van der Waals surface area contributed by atoms with Crippen LogP contribution in [0.5, 0.6) is 0 Å². The number of nitrogens with one attached hydrogen (secondary N) is 1. The zero-order chi connectivity index (χ0) is 25.9. The SMILES string of the molecule is CCC(OC(=O)c1c(-c2ccccc2)c2ccccc2c(=O)n1C)C(=O)Nc1nc(-c2cccs2)cs1. The van der Waals surface area contributed by atoms with Crippen molar-refractivity contribution in [2.24, 2.45) is 7.05 Å². The highest BCUT2D eigenvalue weighted by Gasteiger charge is 2.28. The molecule has 3 heterocycles. The number of anilines is 1. The first-order valence-electron chi connectivity index (χ1n) is 11.7. The van der Waals surface area contributed by atoms with E-state index in [1.54, 1.807) is 37.4 Å². The Morgan fingerprint density at radius 3 is 2.43 bits per heavy atom. The molecule has 5 rings (SSSR count). The number of carbonyl (C=O) groups is 2. The van der Waals surface area contributed by atoms with Crippen molar-refractivity contribution in [1.29, 1.82) is 0 Å². The summed E-state index contributed by atoms with van der Waals surface area (Å²) >= 11 is 2.86. The van der Waals surface area contributed by atoms with Crippen LogP contribution in [0, 0.1) is 0 Å². The van der Waals surface area contributed by atoms with Gasteiger partial charge in [-0.05, 0) is 34.9 Å². The van der Waals surface area contributed by atoms with Gasteiger partial charge in [-0.2, -0.15) is 0 Å². The predicted octanol–water partition coefficient (Wildman–Crippen LogP) is 5.96. The van der Waals surface area contributed by atoms with Crippen molar-refractivity contribution in [1.82, 2.24) is 9.55 Å². The van der Waals surface area contributed by atoms with Gasteiger partial charge in [0.2, 0.25) is 0 Å². The molecule has 0 saturated carbocycles. The number of amides is 1. The number of hydrogen-bond donors (Lipinski definition) is 1. The largest absolute Gasteiger partial charge is 0.448 e. The molecule has 0 aliphatic rings. The Morgan fingerprint density at radius 1 is 1.00 bits per heavy atom. The molecule has 0 aliphatic carbocycles. The number of benzene rings is 2. The van der Waals surface area contributed by atoms with E-state index < -0.39 is 18.0 Å². The topological polar surface area (TPSA) is 90.3 Å². The minimum absolute atomic E-state index is 0.0929. The quantitative estimate of drug-likeness (QED) is 0.263. The van der Waals surface area contributed by atoms with Crippen LogP contribution in [-0.4, -0.2) is 27.5 Å². The molecular weight excluding hydrogens is 506 g/mol. The molecule has 5 aromatic rings. The lowest BCUT2D eigenvalue weighted by atomic mass is 9.97. The highest BCUT2D eigenvalue weighted by atomic mass is 32.1. The molecule has 0 spiro atoms. The van der Waals surface area contributed by atoms with Gasteiger partial charge in [0.25, 0.3) is 11.5 Å². The number of esters is 1. The number of rotatable bonds is 7. The van der Waals surface area contributed by atoms with Crippen molar-refractivity contribution in [2.45, 2.75) is 19.4 Å². The van der Waals surface area contributed by atoms with Gasteiger partial charge in [0.15, 0.2) is 11.2 Å². The average Bonchev–Trinajstić information content (AvgIpc) is 3.62. The molecule has 0 bridgehead atoms. The number of nitrogens with zero attached hydrogens (tertiary/aromatic N) is 2. The van der Waals surface area contributed by atoms with Gasteiger partial charge in [-0.25, -0.2) is 9.78 Å². The predicted molar refractivity (Wildman–Crippen MR) is 148 cm³/mol. The van der Waals surface area contributed by atoms with Crippen LogP contribution in [0.15, 0.2) is 82.3 Å². The molecule has 186 valence electrons. The van der Waals surface area contributed by atoms with Gasteiger partial charge < -0.3 is 9.30 Å². The second-order valence-corrected chi connectivity index (χ2v) is 10.1. The normalized spacial score (nSPS) is 11.8. The summed E-state index contributed by atoms with van der Waals surface area (Å²) in [5.74, 6) is -1.22. The van der Waals surface area contributed by atoms with Crippen molar-refractivity contribution >= 4 is 50.5 Å². The van der Waals surface area contributed by atoms with Gasteiger partial charge in [0.1, 0.15) is 5.69 Å². The van der Waals surface area contributed by atoms with E-state index in [4.69, 9.17) is 4.74 Å². The first-order valence-corrected chi connectivity index (χ1v) is 13.4. The highest BCUT2D eigenvalue weighted by molar-refractivity contribution is 7.16. The van der Waals surface area contributed by atoms with Crippen molar-refractivity contribution < 1.29 is 14.3 Å². The Balaban J connectivity index is 1.47. The van der Waals surface area contributed by atoms with Crippen LogP contribution >= 0.6 is 22.7 Å². The molecule has 1 unspecified atom stereocenters. The minimum Gasteiger partial charge on any atom is -0.448 e. The monoisotopic (exact) mass is 529 g/mol. The highest BCUT2D eigenvalue weighted by Crippen LogP contribution is 2.32. The third-order valence-electron chi connectivity index (χ3n) is 5.98. The molecule has 0 fully saturated rings. The smallest absolute Gasteiger partial charge is 0.356 e. The Bertz CT molecular complexity index is 1640. The van der Waals surface area contributed by atoms with Gasteiger partial charge in [-0.15, -0.1) is 22.7 Å². The number of pyridine rings is 1. The summed E-state index contributed by atoms with van der Waals surface area (Å²) in [6.07, 6.45) is -0.810. The molecule has 1 N–H and O–H groups in total. The molecule has 1 atom stereocenters. The van der Waals surface area contributed by atoms with Crippen molar-refractivity contribution in [2.75, 3.05) is 5.32 Å². The fourth-order valence-electron chi connectivity index (χ4n) is 4.16. The lowest BCUT2D eigenvalue weighted by Crippen LogP contribution is -2.34. The van der Waals surface area contributed by atoms with Crippen molar-refractivity contribution in [3.63, 3.8) is 0 Å². The summed E-state index contributed by atoms with van der Waals surface area (Å²) in [6.45, 7) is 1.76. The molecule has 0 aliphatic heterocycles. The number of ether oxygens (including phenoxy) is 1. The standard InChI is InChI=1S/C28H23N3O4S2/c1-3-21(25(32)30-28-29-20(16-37-28)22-14-9-15-36-22)35-27(34)24-23(17-10-5-4-6-11-17)18-12-7-8-13-19(18)26(33)31(24)2/h4-16,21H,3H2,1-2H3,(H,29,30,32). The van der Waals surface area contributed by atoms with Gasteiger partial charge >= 0.3 is 5.97 Å². The van der Waals surface area contributed by atoms with Crippen molar-refractivity contribution in [3.05, 3.63) is 93.5 Å². The van der Waals surface area contributed by atoms with Crippen LogP contribution in [0.25, 0.3) is 32.5 Å². The number of thiazole rings is 1. The Hall–Kier alpha value is -4.08. The summed E-state index contributed by atoms with van der Waals surface area (Å²) < 4.78 is 7.01. The van der Waals surface area contributed by atoms with E-state index >= 15 is 0 Å². The summed E-state index contributed by atoms with van der Waals surface area (Å²) in [5.41, 5.74) is 1.90. The van der Waals surface area contributed by atoms with E-state index in [2.05, 4.69) is 10.3 Å². The van der Waals surface area contributed by atoms with E-state index in [-0.39, 0.29) is 17.7 Å². The Kier molecular flexibility index (Phi) is 6.98. The number of hydrogen-bond acceptors (Lipinski definition) is 7. The molecule has 1 amide bonds. The molecular formula is C28H23N3O4S2. The van der Waals surface area contributed by atoms with E-state index in [1.165, 1.54) is 15.9 Å². The molecule has 2 aromatic carbocycles. The lowest BCUT2D eigenvalue weighted by molar-refractivity contribution is -0.124. The summed E-state index contributed by atoms with van der Waals surface area (Å²) in [7, 11) is 1.54. The lowest BCUT2D eigenvalue weighted by Gasteiger charge is -2.20. The summed E-state index contributed by atoms with van der Waals surface area (Å²) in [5, 5.41) is 8.15. The molecule has 0 saturated heterocycles. The molecule has 3 aromatic heterocycles. The Morgan fingerprint density at radius 2 is 1.73 bits per heavy atom. The number of aromatic nitrogens is 2. The van der Waals surface area contributed by atoms with Crippen molar-refractivity contribution in [3.8, 4) is 21.7 Å². The molecule has 9 heteroatoms. The van der Waals surface area contributed by atoms with E-state index in [1.807, 2.05) is 65.4 Å². The zero-order valence-electron chi connectivity index (χ0n) is 20.1. The van der Waals surface area contributed by atoms with Crippen LogP contribution in [0.3, 0.4) is 0 Å². The first-order chi connectivity index (χ1) is 18.0. The third kappa shape index (κ3) is 4.83. The van der Waals surface area contributed by atoms with Crippen LogP contribution in [0.2, 0.25) is 0 Å². The second-order valence-electron chi connectivity index (χ2n) is 8.31. The third-order valence-corrected chi connectivity index (χ3v) is 7.63. The van der Waals surface area contributed by atoms with Gasteiger partial charge in [0, 0.05) is 23.4 Å². The van der Waals surface area contributed by atoms with Crippen LogP contribution in [0.1, 0.15) is 23.8 Å². The molecule has 7 nitrogen and oxygen atoms in total. The number of fused-ring (bicyclic) bond motifs is 1. The number of carbonyl (C=O) groups excluding carboxylic acids is 2. The van der Waals surface area contributed by atoms with Crippen LogP contribution in [-0.2, 0) is 16.6 Å².